The van der Waals surface area contributed by atoms with Crippen LogP contribution in [0.1, 0.15) is 88.2 Å². The fourth-order valence-electron chi connectivity index (χ4n) is 4.47. The maximum atomic E-state index is 14.3. The van der Waals surface area contributed by atoms with E-state index < -0.39 is 0 Å². The summed E-state index contributed by atoms with van der Waals surface area (Å²) in [5.74, 6) is 1.13. The number of hydrogen-bond donors (Lipinski definition) is 0. The van der Waals surface area contributed by atoms with E-state index in [-0.39, 0.29) is 11.4 Å². The molecule has 1 aliphatic rings. The van der Waals surface area contributed by atoms with Crippen molar-refractivity contribution in [2.45, 2.75) is 77.0 Å². The largest absolute Gasteiger partial charge is 0.205 e. The second-order valence-corrected chi connectivity index (χ2v) is 7.94. The van der Waals surface area contributed by atoms with Gasteiger partial charge in [0.1, 0.15) is 11.9 Å². The van der Waals surface area contributed by atoms with Crippen LogP contribution in [0.15, 0.2) is 30.3 Å². The monoisotopic (exact) mass is 351 g/mol. The molecule has 0 saturated heterocycles. The van der Waals surface area contributed by atoms with Crippen molar-refractivity contribution in [1.82, 2.24) is 0 Å². The zero-order chi connectivity index (χ0) is 18.4. The molecule has 0 radical (unpaired) electrons. The van der Waals surface area contributed by atoms with Gasteiger partial charge in [0.15, 0.2) is 0 Å². The van der Waals surface area contributed by atoms with E-state index in [9.17, 15) is 4.39 Å². The van der Waals surface area contributed by atoms with Gasteiger partial charge in [-0.3, -0.25) is 0 Å². The van der Waals surface area contributed by atoms with Gasteiger partial charge in [0, 0.05) is 5.39 Å². The predicted molar refractivity (Wildman–Crippen MR) is 107 cm³/mol. The minimum atomic E-state index is -0.386. The summed E-state index contributed by atoms with van der Waals surface area (Å²) in [6.45, 7) is 2.27. The second-order valence-electron chi connectivity index (χ2n) is 7.94. The molecule has 138 valence electrons. The van der Waals surface area contributed by atoms with E-state index in [1.54, 1.807) is 6.07 Å². The molecule has 1 nitrogen and oxygen atoms in total. The second kappa shape index (κ2) is 9.17. The van der Waals surface area contributed by atoms with Gasteiger partial charge in [0.05, 0.1) is 5.56 Å². The van der Waals surface area contributed by atoms with Gasteiger partial charge in [-0.05, 0) is 54.5 Å². The lowest BCUT2D eigenvalue weighted by Crippen LogP contribution is -2.13. The molecule has 0 N–H and O–H groups in total. The van der Waals surface area contributed by atoms with E-state index in [1.807, 2.05) is 18.2 Å². The lowest BCUT2D eigenvalue weighted by atomic mass is 9.76. The van der Waals surface area contributed by atoms with Crippen molar-refractivity contribution in [2.75, 3.05) is 0 Å². The summed E-state index contributed by atoms with van der Waals surface area (Å²) >= 11 is 0. The highest BCUT2D eigenvalue weighted by molar-refractivity contribution is 5.85. The highest BCUT2D eigenvalue weighted by Gasteiger charge is 2.22. The Balaban J connectivity index is 1.57. The van der Waals surface area contributed by atoms with Crippen LogP contribution in [-0.4, -0.2) is 0 Å². The maximum absolute atomic E-state index is 14.3. The first-order chi connectivity index (χ1) is 12.7. The quantitative estimate of drug-likeness (QED) is 0.474. The van der Waals surface area contributed by atoms with Gasteiger partial charge < -0.3 is 0 Å². The Labute approximate surface area is 157 Å². The van der Waals surface area contributed by atoms with Gasteiger partial charge in [-0.15, -0.1) is 0 Å². The van der Waals surface area contributed by atoms with Crippen LogP contribution in [0.5, 0.6) is 0 Å². The summed E-state index contributed by atoms with van der Waals surface area (Å²) in [5.41, 5.74) is 1.47. The fourth-order valence-corrected chi connectivity index (χ4v) is 4.47. The number of benzene rings is 2. The average molecular weight is 352 g/mol. The van der Waals surface area contributed by atoms with Crippen LogP contribution in [0.3, 0.4) is 0 Å². The third-order valence-electron chi connectivity index (χ3n) is 6.13. The zero-order valence-corrected chi connectivity index (χ0v) is 15.9. The SMILES string of the molecule is CCCCCCC[C@H]1CC[C@H](c2ccc3c(F)c(C#N)ccc3c2)CC1. The summed E-state index contributed by atoms with van der Waals surface area (Å²) in [6, 6.07) is 11.5. The van der Waals surface area contributed by atoms with Crippen LogP contribution in [0.2, 0.25) is 0 Å². The average Bonchev–Trinajstić information content (AvgIpc) is 2.68. The Kier molecular flexibility index (Phi) is 6.67. The molecule has 0 bridgehead atoms. The number of fused-ring (bicyclic) bond motifs is 1. The smallest absolute Gasteiger partial charge is 0.148 e. The highest BCUT2D eigenvalue weighted by Crippen LogP contribution is 2.38. The van der Waals surface area contributed by atoms with Crippen LogP contribution >= 0.6 is 0 Å². The summed E-state index contributed by atoms with van der Waals surface area (Å²) in [5, 5.41) is 10.5. The van der Waals surface area contributed by atoms with E-state index in [0.717, 1.165) is 11.3 Å². The molecule has 0 aromatic heterocycles. The first-order valence-corrected chi connectivity index (χ1v) is 10.3. The summed E-state index contributed by atoms with van der Waals surface area (Å²) in [4.78, 5) is 0. The summed E-state index contributed by atoms with van der Waals surface area (Å²) in [7, 11) is 0. The van der Waals surface area contributed by atoms with E-state index in [2.05, 4.69) is 19.1 Å². The minimum absolute atomic E-state index is 0.129. The maximum Gasteiger partial charge on any atom is 0.148 e. The van der Waals surface area contributed by atoms with Crippen molar-refractivity contribution in [3.8, 4) is 6.07 Å². The highest BCUT2D eigenvalue weighted by atomic mass is 19.1. The van der Waals surface area contributed by atoms with Crippen LogP contribution in [0.25, 0.3) is 10.8 Å². The molecule has 26 heavy (non-hydrogen) atoms. The molecule has 2 aromatic carbocycles. The Morgan fingerprint density at radius 2 is 1.77 bits per heavy atom. The number of rotatable bonds is 7. The number of nitrogens with zero attached hydrogens (tertiary/aromatic N) is 1. The van der Waals surface area contributed by atoms with Crippen molar-refractivity contribution >= 4 is 10.8 Å². The van der Waals surface area contributed by atoms with Crippen molar-refractivity contribution in [3.05, 3.63) is 47.3 Å². The van der Waals surface area contributed by atoms with Gasteiger partial charge in [0.25, 0.3) is 0 Å². The van der Waals surface area contributed by atoms with Gasteiger partial charge in [-0.1, -0.05) is 69.7 Å². The standard InChI is InChI=1S/C24H30FN/c1-2-3-4-5-6-7-18-8-10-19(11-9-18)20-14-15-23-21(16-20)12-13-22(17-26)24(23)25/h12-16,18-19H,2-11H2,1H3/t18-,19-. The molecule has 0 amide bonds. The summed E-state index contributed by atoms with van der Waals surface area (Å²) in [6.07, 6.45) is 13.5. The third kappa shape index (κ3) is 4.44. The molecule has 1 aliphatic carbocycles. The molecular formula is C24H30FN. The molecule has 0 unspecified atom stereocenters. The Morgan fingerprint density at radius 1 is 1.00 bits per heavy atom. The molecule has 1 fully saturated rings. The number of nitriles is 1. The molecule has 0 heterocycles. The topological polar surface area (TPSA) is 23.8 Å². The molecule has 3 rings (SSSR count). The van der Waals surface area contributed by atoms with Crippen molar-refractivity contribution in [1.29, 1.82) is 5.26 Å². The minimum Gasteiger partial charge on any atom is -0.205 e. The first kappa shape index (κ1) is 18.9. The van der Waals surface area contributed by atoms with Crippen LogP contribution in [0, 0.1) is 23.1 Å². The molecular weight excluding hydrogens is 321 g/mol. The van der Waals surface area contributed by atoms with Gasteiger partial charge >= 0.3 is 0 Å². The van der Waals surface area contributed by atoms with E-state index in [1.165, 1.54) is 69.8 Å². The van der Waals surface area contributed by atoms with Crippen molar-refractivity contribution < 1.29 is 4.39 Å². The third-order valence-corrected chi connectivity index (χ3v) is 6.13. The first-order valence-electron chi connectivity index (χ1n) is 10.3. The molecule has 2 aromatic rings. The predicted octanol–water partition coefficient (Wildman–Crippen LogP) is 7.48. The molecule has 0 aliphatic heterocycles. The van der Waals surface area contributed by atoms with Crippen molar-refractivity contribution in [3.63, 3.8) is 0 Å². The number of unbranched alkanes of at least 4 members (excludes halogenated alkanes) is 4. The lowest BCUT2D eigenvalue weighted by Gasteiger charge is -2.29. The number of halogens is 1. The van der Waals surface area contributed by atoms with Gasteiger partial charge in [-0.25, -0.2) is 4.39 Å². The Bertz CT molecular complexity index is 766. The molecule has 2 heteroatoms. The van der Waals surface area contributed by atoms with Crippen LogP contribution in [-0.2, 0) is 0 Å². The zero-order valence-electron chi connectivity index (χ0n) is 15.9. The normalized spacial score (nSPS) is 20.2. The summed E-state index contributed by atoms with van der Waals surface area (Å²) < 4.78 is 14.3. The number of hydrogen-bond acceptors (Lipinski definition) is 1. The van der Waals surface area contributed by atoms with Gasteiger partial charge in [0.2, 0.25) is 0 Å². The lowest BCUT2D eigenvalue weighted by molar-refractivity contribution is 0.302. The van der Waals surface area contributed by atoms with E-state index >= 15 is 0 Å². The van der Waals surface area contributed by atoms with Crippen LogP contribution in [0.4, 0.5) is 4.39 Å². The van der Waals surface area contributed by atoms with Gasteiger partial charge in [-0.2, -0.15) is 5.26 Å². The van der Waals surface area contributed by atoms with E-state index in [4.69, 9.17) is 5.26 Å². The Hall–Kier alpha value is -1.88. The van der Waals surface area contributed by atoms with Crippen molar-refractivity contribution in [2.24, 2.45) is 5.92 Å². The fraction of sp³-hybridized carbons (Fsp3) is 0.542. The molecule has 0 spiro atoms. The molecule has 0 atom stereocenters. The van der Waals surface area contributed by atoms with E-state index in [0.29, 0.717) is 11.3 Å². The van der Waals surface area contributed by atoms with Crippen LogP contribution < -0.4 is 0 Å². The Morgan fingerprint density at radius 3 is 2.50 bits per heavy atom. The molecule has 1 saturated carbocycles.